The van der Waals surface area contributed by atoms with Gasteiger partial charge in [-0.1, -0.05) is 12.1 Å². The Labute approximate surface area is 146 Å². The zero-order chi connectivity index (χ0) is 18.9. The SMILES string of the molecule is O=C(O)N1CCC(c2cc(=O)[nH]o2)CC1Cc1ccc(C(F)(F)F)cc1. The highest BCUT2D eigenvalue weighted by atomic mass is 19.4. The quantitative estimate of drug-likeness (QED) is 0.866. The molecule has 9 heteroatoms. The van der Waals surface area contributed by atoms with E-state index in [-0.39, 0.29) is 24.4 Å². The molecule has 1 aromatic heterocycles. The van der Waals surface area contributed by atoms with E-state index >= 15 is 0 Å². The molecule has 1 aliphatic rings. The zero-order valence-corrected chi connectivity index (χ0v) is 13.6. The molecule has 26 heavy (non-hydrogen) atoms. The Morgan fingerprint density at radius 2 is 2.00 bits per heavy atom. The summed E-state index contributed by atoms with van der Waals surface area (Å²) in [5, 5.41) is 11.6. The van der Waals surface area contributed by atoms with Crippen LogP contribution in [0.5, 0.6) is 0 Å². The molecular weight excluding hydrogens is 353 g/mol. The van der Waals surface area contributed by atoms with Crippen LogP contribution in [0.25, 0.3) is 0 Å². The van der Waals surface area contributed by atoms with Crippen LogP contribution >= 0.6 is 0 Å². The van der Waals surface area contributed by atoms with Crippen molar-refractivity contribution >= 4 is 6.09 Å². The van der Waals surface area contributed by atoms with Gasteiger partial charge in [0.25, 0.3) is 5.56 Å². The molecule has 0 bridgehead atoms. The number of rotatable bonds is 3. The number of amides is 1. The van der Waals surface area contributed by atoms with Crippen LogP contribution in [-0.4, -0.2) is 33.8 Å². The monoisotopic (exact) mass is 370 g/mol. The highest BCUT2D eigenvalue weighted by Crippen LogP contribution is 2.33. The number of benzene rings is 1. The average molecular weight is 370 g/mol. The number of nitrogens with one attached hydrogen (secondary N) is 1. The predicted octanol–water partition coefficient (Wildman–Crippen LogP) is 3.46. The molecule has 2 atom stereocenters. The average Bonchev–Trinajstić information content (AvgIpc) is 3.01. The number of hydrogen-bond acceptors (Lipinski definition) is 3. The second-order valence-electron chi connectivity index (χ2n) is 6.36. The third kappa shape index (κ3) is 3.92. The summed E-state index contributed by atoms with van der Waals surface area (Å²) in [5.74, 6) is 0.349. The molecule has 0 radical (unpaired) electrons. The molecule has 1 saturated heterocycles. The van der Waals surface area contributed by atoms with E-state index in [1.54, 1.807) is 0 Å². The Balaban J connectivity index is 1.77. The summed E-state index contributed by atoms with van der Waals surface area (Å²) in [7, 11) is 0. The number of likely N-dealkylation sites (tertiary alicyclic amines) is 1. The van der Waals surface area contributed by atoms with Gasteiger partial charge < -0.3 is 14.5 Å². The number of hydrogen-bond donors (Lipinski definition) is 2. The Bertz CT molecular complexity index is 826. The summed E-state index contributed by atoms with van der Waals surface area (Å²) in [6.45, 7) is 0.264. The summed E-state index contributed by atoms with van der Waals surface area (Å²) in [4.78, 5) is 24.0. The van der Waals surface area contributed by atoms with Gasteiger partial charge in [0, 0.05) is 24.6 Å². The van der Waals surface area contributed by atoms with Crippen molar-refractivity contribution in [2.75, 3.05) is 6.54 Å². The van der Waals surface area contributed by atoms with Gasteiger partial charge in [0.2, 0.25) is 0 Å². The van der Waals surface area contributed by atoms with Gasteiger partial charge in [-0.15, -0.1) is 0 Å². The number of piperidine rings is 1. The Kier molecular flexibility index (Phi) is 4.80. The topological polar surface area (TPSA) is 86.5 Å². The van der Waals surface area contributed by atoms with Crippen LogP contribution < -0.4 is 5.56 Å². The first-order chi connectivity index (χ1) is 12.2. The maximum atomic E-state index is 12.7. The molecule has 1 fully saturated rings. The molecule has 0 saturated carbocycles. The third-order valence-corrected chi connectivity index (χ3v) is 4.66. The van der Waals surface area contributed by atoms with Gasteiger partial charge in [0.15, 0.2) is 0 Å². The lowest BCUT2D eigenvalue weighted by atomic mass is 9.86. The third-order valence-electron chi connectivity index (χ3n) is 4.66. The lowest BCUT2D eigenvalue weighted by molar-refractivity contribution is -0.137. The molecule has 2 aromatic rings. The number of halogens is 3. The zero-order valence-electron chi connectivity index (χ0n) is 13.6. The van der Waals surface area contributed by atoms with E-state index in [4.69, 9.17) is 4.52 Å². The number of H-pyrrole nitrogens is 1. The number of aromatic amines is 1. The molecule has 2 heterocycles. The van der Waals surface area contributed by atoms with Crippen molar-refractivity contribution in [1.82, 2.24) is 10.1 Å². The van der Waals surface area contributed by atoms with Crippen LogP contribution in [0.2, 0.25) is 0 Å². The second kappa shape index (κ2) is 6.89. The van der Waals surface area contributed by atoms with E-state index < -0.39 is 23.9 Å². The van der Waals surface area contributed by atoms with Gasteiger partial charge >= 0.3 is 12.3 Å². The fourth-order valence-corrected chi connectivity index (χ4v) is 3.36. The Hall–Kier alpha value is -2.71. The summed E-state index contributed by atoms with van der Waals surface area (Å²) in [5.41, 5.74) is -0.489. The normalized spacial score (nSPS) is 21.0. The molecule has 1 aliphatic heterocycles. The van der Waals surface area contributed by atoms with Crippen molar-refractivity contribution in [3.8, 4) is 0 Å². The number of alkyl halides is 3. The first kappa shape index (κ1) is 18.1. The van der Waals surface area contributed by atoms with E-state index in [9.17, 15) is 27.9 Å². The number of carbonyl (C=O) groups is 1. The van der Waals surface area contributed by atoms with Gasteiger partial charge in [-0.05, 0) is 37.0 Å². The van der Waals surface area contributed by atoms with E-state index in [1.807, 2.05) is 0 Å². The minimum absolute atomic E-state index is 0.121. The lowest BCUT2D eigenvalue weighted by Crippen LogP contribution is -2.46. The van der Waals surface area contributed by atoms with Crippen molar-refractivity contribution < 1.29 is 27.6 Å². The highest BCUT2D eigenvalue weighted by Gasteiger charge is 2.34. The fraction of sp³-hybridized carbons (Fsp3) is 0.412. The molecule has 3 rings (SSSR count). The lowest BCUT2D eigenvalue weighted by Gasteiger charge is -2.37. The van der Waals surface area contributed by atoms with Crippen LogP contribution in [0.1, 0.15) is 35.6 Å². The molecule has 1 aromatic carbocycles. The maximum absolute atomic E-state index is 12.7. The van der Waals surface area contributed by atoms with Crippen LogP contribution in [0.4, 0.5) is 18.0 Å². The maximum Gasteiger partial charge on any atom is 0.416 e. The number of aromatic nitrogens is 1. The predicted molar refractivity (Wildman–Crippen MR) is 85.0 cm³/mol. The molecule has 0 aliphatic carbocycles. The molecule has 1 amide bonds. The first-order valence-corrected chi connectivity index (χ1v) is 8.08. The van der Waals surface area contributed by atoms with Crippen molar-refractivity contribution in [2.24, 2.45) is 0 Å². The van der Waals surface area contributed by atoms with E-state index in [1.165, 1.54) is 23.1 Å². The van der Waals surface area contributed by atoms with Crippen molar-refractivity contribution in [1.29, 1.82) is 0 Å². The van der Waals surface area contributed by atoms with E-state index in [0.29, 0.717) is 24.2 Å². The summed E-state index contributed by atoms with van der Waals surface area (Å²) in [6, 6.07) is 5.64. The van der Waals surface area contributed by atoms with Crippen molar-refractivity contribution in [3.05, 3.63) is 57.6 Å². The summed E-state index contributed by atoms with van der Waals surface area (Å²) >= 11 is 0. The van der Waals surface area contributed by atoms with Crippen LogP contribution in [0.3, 0.4) is 0 Å². The Morgan fingerprint density at radius 1 is 1.31 bits per heavy atom. The number of nitrogens with zero attached hydrogens (tertiary/aromatic N) is 1. The second-order valence-corrected chi connectivity index (χ2v) is 6.36. The van der Waals surface area contributed by atoms with Crippen LogP contribution in [0, 0.1) is 0 Å². The Morgan fingerprint density at radius 3 is 2.54 bits per heavy atom. The van der Waals surface area contributed by atoms with Gasteiger partial charge in [0.05, 0.1) is 5.56 Å². The van der Waals surface area contributed by atoms with Crippen LogP contribution in [-0.2, 0) is 12.6 Å². The standard InChI is InChI=1S/C17H17F3N2O4/c18-17(19,20)12-3-1-10(2-4-12)7-13-8-11(5-6-22(13)16(24)25)14-9-15(23)21-26-14/h1-4,9,11,13H,5-8H2,(H,21,23)(H,24,25). The molecule has 0 spiro atoms. The molecular formula is C17H17F3N2O4. The van der Waals surface area contributed by atoms with Gasteiger partial charge in [-0.25, -0.2) is 4.79 Å². The van der Waals surface area contributed by atoms with E-state index in [2.05, 4.69) is 5.16 Å². The van der Waals surface area contributed by atoms with Crippen molar-refractivity contribution in [3.63, 3.8) is 0 Å². The van der Waals surface area contributed by atoms with Crippen molar-refractivity contribution in [2.45, 2.75) is 37.4 Å². The van der Waals surface area contributed by atoms with Gasteiger partial charge in [-0.2, -0.15) is 18.3 Å². The molecule has 2 unspecified atom stereocenters. The smallest absolute Gasteiger partial charge is 0.416 e. The minimum atomic E-state index is -4.41. The number of carboxylic acid groups (broad SMARTS) is 1. The highest BCUT2D eigenvalue weighted by molar-refractivity contribution is 5.65. The minimum Gasteiger partial charge on any atom is -0.465 e. The van der Waals surface area contributed by atoms with Crippen LogP contribution in [0.15, 0.2) is 39.6 Å². The summed E-state index contributed by atoms with van der Waals surface area (Å²) in [6.07, 6.45) is -4.26. The largest absolute Gasteiger partial charge is 0.465 e. The molecule has 2 N–H and O–H groups in total. The first-order valence-electron chi connectivity index (χ1n) is 8.08. The summed E-state index contributed by atoms with van der Waals surface area (Å²) < 4.78 is 43.1. The fourth-order valence-electron chi connectivity index (χ4n) is 3.36. The van der Waals surface area contributed by atoms with E-state index in [0.717, 1.165) is 12.1 Å². The van der Waals surface area contributed by atoms with Gasteiger partial charge in [0.1, 0.15) is 5.76 Å². The molecule has 6 nitrogen and oxygen atoms in total. The molecule has 140 valence electrons. The van der Waals surface area contributed by atoms with Gasteiger partial charge in [-0.3, -0.25) is 4.79 Å².